The van der Waals surface area contributed by atoms with E-state index < -0.39 is 0 Å². The molecule has 1 aromatic carbocycles. The van der Waals surface area contributed by atoms with Gasteiger partial charge >= 0.3 is 0 Å². The van der Waals surface area contributed by atoms with Crippen LogP contribution in [-0.2, 0) is 6.42 Å². The highest BCUT2D eigenvalue weighted by atomic mass is 79.9. The van der Waals surface area contributed by atoms with E-state index in [2.05, 4.69) is 76.0 Å². The number of rotatable bonds is 3. The van der Waals surface area contributed by atoms with Crippen molar-refractivity contribution in [3.63, 3.8) is 0 Å². The molecule has 3 heteroatoms. The second-order valence-electron chi connectivity index (χ2n) is 4.03. The zero-order valence-electron chi connectivity index (χ0n) is 9.84. The first-order valence-corrected chi connectivity index (χ1v) is 8.13. The van der Waals surface area contributed by atoms with E-state index in [1.807, 2.05) is 11.3 Å². The first-order valence-electron chi connectivity index (χ1n) is 5.60. The number of hydrogen-bond acceptors (Lipinski definition) is 1. The fraction of sp³-hybridized carbons (Fsp3) is 0.286. The van der Waals surface area contributed by atoms with Gasteiger partial charge in [-0.05, 0) is 46.5 Å². The molecule has 2 rings (SSSR count). The number of thiophene rings is 1. The molecule has 0 fully saturated rings. The number of benzene rings is 1. The zero-order valence-corrected chi connectivity index (χ0v) is 13.8. The average Bonchev–Trinajstić information content (AvgIpc) is 2.68. The normalized spacial score (nSPS) is 12.7. The van der Waals surface area contributed by atoms with Crippen molar-refractivity contribution in [2.75, 3.05) is 0 Å². The van der Waals surface area contributed by atoms with Gasteiger partial charge in [-0.1, -0.05) is 47.1 Å². The SMILES string of the molecule is CCc1ccc(C(Br)c2sc(C)cc2Br)cc1. The Kier molecular flexibility index (Phi) is 4.45. The summed E-state index contributed by atoms with van der Waals surface area (Å²) in [5.41, 5.74) is 2.69. The largest absolute Gasteiger partial charge is 0.143 e. The minimum Gasteiger partial charge on any atom is -0.143 e. The van der Waals surface area contributed by atoms with Gasteiger partial charge in [0, 0.05) is 14.2 Å². The summed E-state index contributed by atoms with van der Waals surface area (Å²) in [6.07, 6.45) is 1.09. The van der Waals surface area contributed by atoms with Crippen molar-refractivity contribution in [3.05, 3.63) is 55.7 Å². The molecule has 0 nitrogen and oxygen atoms in total. The minimum absolute atomic E-state index is 0.279. The highest BCUT2D eigenvalue weighted by Crippen LogP contribution is 2.40. The molecule has 1 heterocycles. The van der Waals surface area contributed by atoms with Gasteiger partial charge in [0.15, 0.2) is 0 Å². The van der Waals surface area contributed by atoms with E-state index in [4.69, 9.17) is 0 Å². The van der Waals surface area contributed by atoms with Gasteiger partial charge in [-0.15, -0.1) is 11.3 Å². The lowest BCUT2D eigenvalue weighted by Crippen LogP contribution is -1.91. The number of halogens is 2. The summed E-state index contributed by atoms with van der Waals surface area (Å²) >= 11 is 9.24. The first-order chi connectivity index (χ1) is 8.11. The van der Waals surface area contributed by atoms with E-state index >= 15 is 0 Å². The second kappa shape index (κ2) is 5.68. The quantitative estimate of drug-likeness (QED) is 0.590. The zero-order chi connectivity index (χ0) is 12.4. The summed E-state index contributed by atoms with van der Waals surface area (Å²) in [4.78, 5) is 2.95. The van der Waals surface area contributed by atoms with Crippen LogP contribution in [0.15, 0.2) is 34.8 Å². The molecule has 1 aromatic heterocycles. The Labute approximate surface area is 123 Å². The van der Waals surface area contributed by atoms with Crippen LogP contribution in [-0.4, -0.2) is 0 Å². The fourth-order valence-electron chi connectivity index (χ4n) is 1.75. The highest BCUT2D eigenvalue weighted by molar-refractivity contribution is 9.11. The minimum atomic E-state index is 0.279. The standard InChI is InChI=1S/C14H14Br2S/c1-3-10-4-6-11(7-5-10)13(16)14-12(15)8-9(2)17-14/h4-8,13H,3H2,1-2H3. The predicted octanol–water partition coefficient (Wildman–Crippen LogP) is 5.87. The predicted molar refractivity (Wildman–Crippen MR) is 83.3 cm³/mol. The molecule has 2 aromatic rings. The molecule has 0 amide bonds. The van der Waals surface area contributed by atoms with E-state index in [0.717, 1.165) is 6.42 Å². The van der Waals surface area contributed by atoms with Crippen molar-refractivity contribution in [1.82, 2.24) is 0 Å². The van der Waals surface area contributed by atoms with Crippen molar-refractivity contribution in [2.45, 2.75) is 25.1 Å². The van der Waals surface area contributed by atoms with Crippen LogP contribution < -0.4 is 0 Å². The molecule has 17 heavy (non-hydrogen) atoms. The van der Waals surface area contributed by atoms with Gasteiger partial charge in [0.05, 0.1) is 4.83 Å². The lowest BCUT2D eigenvalue weighted by Gasteiger charge is -2.09. The van der Waals surface area contributed by atoms with E-state index in [0.29, 0.717) is 0 Å². The monoisotopic (exact) mass is 372 g/mol. The van der Waals surface area contributed by atoms with Gasteiger partial charge in [0.1, 0.15) is 0 Å². The Balaban J connectivity index is 2.30. The number of aryl methyl sites for hydroxylation is 2. The van der Waals surface area contributed by atoms with Gasteiger partial charge < -0.3 is 0 Å². The summed E-state index contributed by atoms with van der Waals surface area (Å²) in [5, 5.41) is 0. The van der Waals surface area contributed by atoms with E-state index in [-0.39, 0.29) is 4.83 Å². The van der Waals surface area contributed by atoms with Crippen molar-refractivity contribution < 1.29 is 0 Å². The average molecular weight is 374 g/mol. The summed E-state index contributed by atoms with van der Waals surface area (Å²) in [5.74, 6) is 0. The van der Waals surface area contributed by atoms with Gasteiger partial charge in [-0.3, -0.25) is 0 Å². The van der Waals surface area contributed by atoms with Crippen LogP contribution >= 0.6 is 43.2 Å². The first kappa shape index (κ1) is 13.3. The Morgan fingerprint density at radius 1 is 1.24 bits per heavy atom. The van der Waals surface area contributed by atoms with Crippen molar-refractivity contribution in [3.8, 4) is 0 Å². The lowest BCUT2D eigenvalue weighted by molar-refractivity contribution is 1.12. The molecule has 0 aliphatic rings. The molecule has 0 saturated carbocycles. The molecule has 1 unspecified atom stereocenters. The third-order valence-electron chi connectivity index (χ3n) is 2.75. The van der Waals surface area contributed by atoms with Crippen molar-refractivity contribution in [1.29, 1.82) is 0 Å². The fourth-order valence-corrected chi connectivity index (χ4v) is 4.77. The maximum atomic E-state index is 3.79. The third kappa shape index (κ3) is 3.01. The van der Waals surface area contributed by atoms with Crippen LogP contribution in [0.3, 0.4) is 0 Å². The Hall–Kier alpha value is -0.120. The topological polar surface area (TPSA) is 0 Å². The maximum Gasteiger partial charge on any atom is 0.0749 e. The summed E-state index contributed by atoms with van der Waals surface area (Å²) < 4.78 is 1.20. The number of alkyl halides is 1. The van der Waals surface area contributed by atoms with Crippen LogP contribution in [0.4, 0.5) is 0 Å². The van der Waals surface area contributed by atoms with E-state index in [9.17, 15) is 0 Å². The molecule has 0 aliphatic carbocycles. The smallest absolute Gasteiger partial charge is 0.0749 e. The Morgan fingerprint density at radius 2 is 1.88 bits per heavy atom. The molecule has 90 valence electrons. The van der Waals surface area contributed by atoms with Crippen LogP contribution in [0.25, 0.3) is 0 Å². The molecule has 0 saturated heterocycles. The van der Waals surface area contributed by atoms with Crippen LogP contribution in [0, 0.1) is 6.92 Å². The molecule has 0 radical (unpaired) electrons. The van der Waals surface area contributed by atoms with Gasteiger partial charge in [-0.2, -0.15) is 0 Å². The maximum absolute atomic E-state index is 3.79. The highest BCUT2D eigenvalue weighted by Gasteiger charge is 2.16. The molecular formula is C14H14Br2S. The van der Waals surface area contributed by atoms with Crippen molar-refractivity contribution in [2.24, 2.45) is 0 Å². The van der Waals surface area contributed by atoms with Crippen LogP contribution in [0.2, 0.25) is 0 Å². The van der Waals surface area contributed by atoms with Gasteiger partial charge in [-0.25, -0.2) is 0 Å². The van der Waals surface area contributed by atoms with E-state index in [1.54, 1.807) is 0 Å². The summed E-state index contributed by atoms with van der Waals surface area (Å²) in [7, 11) is 0. The molecular weight excluding hydrogens is 360 g/mol. The molecule has 1 atom stereocenters. The third-order valence-corrected chi connectivity index (χ3v) is 6.07. The molecule has 0 aliphatic heterocycles. The van der Waals surface area contributed by atoms with Crippen LogP contribution in [0.1, 0.15) is 32.6 Å². The Bertz CT molecular complexity index is 499. The van der Waals surface area contributed by atoms with Gasteiger partial charge in [0.25, 0.3) is 0 Å². The van der Waals surface area contributed by atoms with E-state index in [1.165, 1.54) is 25.4 Å². The molecule has 0 N–H and O–H groups in total. The molecule has 0 bridgehead atoms. The summed E-state index contributed by atoms with van der Waals surface area (Å²) in [6.45, 7) is 4.32. The number of hydrogen-bond donors (Lipinski definition) is 0. The summed E-state index contributed by atoms with van der Waals surface area (Å²) in [6, 6.07) is 11.0. The Morgan fingerprint density at radius 3 is 2.35 bits per heavy atom. The second-order valence-corrected chi connectivity index (χ2v) is 7.08. The molecule has 0 spiro atoms. The van der Waals surface area contributed by atoms with Gasteiger partial charge in [0.2, 0.25) is 0 Å². The lowest BCUT2D eigenvalue weighted by atomic mass is 10.1. The van der Waals surface area contributed by atoms with Crippen molar-refractivity contribution >= 4 is 43.2 Å². The van der Waals surface area contributed by atoms with Crippen LogP contribution in [0.5, 0.6) is 0 Å².